The van der Waals surface area contributed by atoms with E-state index < -0.39 is 11.2 Å². The summed E-state index contributed by atoms with van der Waals surface area (Å²) in [6.07, 6.45) is 0.372. The molecule has 0 bridgehead atoms. The number of carbonyl (C=O) groups is 2. The molecular weight excluding hydrogens is 501 g/mol. The summed E-state index contributed by atoms with van der Waals surface area (Å²) in [5.41, 5.74) is 3.28. The van der Waals surface area contributed by atoms with Crippen LogP contribution in [0, 0.1) is 18.3 Å². The molecule has 1 heterocycles. The van der Waals surface area contributed by atoms with Crippen molar-refractivity contribution in [3.05, 3.63) is 110 Å². The highest BCUT2D eigenvalue weighted by atomic mass is 35.5. The standard InChI is InChI=1S/C27H21Cl2N3O2S/c1-17-7-10-20(11-8-17)32-26(34)24(14-19-9-12-22(28)23(29)13-19)35-27(32)21(15-30)25(33)31-16-18-5-3-2-4-6-18/h2-13,24H,14,16H2,1H3,(H,31,33). The average molecular weight is 522 g/mol. The molecule has 4 rings (SSSR count). The molecule has 1 saturated heterocycles. The molecule has 1 aliphatic heterocycles. The van der Waals surface area contributed by atoms with E-state index >= 15 is 0 Å². The van der Waals surface area contributed by atoms with E-state index in [1.54, 1.807) is 12.1 Å². The number of aryl methyl sites for hydroxylation is 1. The smallest absolute Gasteiger partial charge is 0.264 e. The molecule has 8 heteroatoms. The molecule has 0 saturated carbocycles. The molecule has 0 aromatic heterocycles. The van der Waals surface area contributed by atoms with Crippen LogP contribution in [0.25, 0.3) is 0 Å². The van der Waals surface area contributed by atoms with E-state index in [1.165, 1.54) is 16.7 Å². The molecule has 1 N–H and O–H groups in total. The number of thioether (sulfide) groups is 1. The number of amides is 2. The SMILES string of the molecule is Cc1ccc(N2C(=O)C(Cc3ccc(Cl)c(Cl)c3)SC2=C(C#N)C(=O)NCc2ccccc2)cc1. The highest BCUT2D eigenvalue weighted by Gasteiger charge is 2.40. The number of halogens is 2. The number of rotatable bonds is 6. The van der Waals surface area contributed by atoms with E-state index in [1.807, 2.05) is 73.7 Å². The van der Waals surface area contributed by atoms with E-state index in [0.717, 1.165) is 16.7 Å². The van der Waals surface area contributed by atoms with Gasteiger partial charge in [-0.1, -0.05) is 89.1 Å². The molecule has 35 heavy (non-hydrogen) atoms. The normalized spacial score (nSPS) is 16.7. The fourth-order valence-electron chi connectivity index (χ4n) is 3.66. The Morgan fingerprint density at radius 2 is 1.74 bits per heavy atom. The van der Waals surface area contributed by atoms with E-state index in [2.05, 4.69) is 5.32 Å². The summed E-state index contributed by atoms with van der Waals surface area (Å²) >= 11 is 13.4. The van der Waals surface area contributed by atoms with Gasteiger partial charge in [-0.15, -0.1) is 0 Å². The van der Waals surface area contributed by atoms with Crippen LogP contribution in [-0.2, 0) is 22.6 Å². The summed E-state index contributed by atoms with van der Waals surface area (Å²) in [4.78, 5) is 28.1. The van der Waals surface area contributed by atoms with E-state index in [-0.39, 0.29) is 18.0 Å². The van der Waals surface area contributed by atoms with Crippen molar-refractivity contribution < 1.29 is 9.59 Å². The van der Waals surface area contributed by atoms with Gasteiger partial charge in [-0.25, -0.2) is 0 Å². The van der Waals surface area contributed by atoms with Gasteiger partial charge in [0, 0.05) is 12.2 Å². The number of benzene rings is 3. The Morgan fingerprint density at radius 3 is 2.40 bits per heavy atom. The van der Waals surface area contributed by atoms with Crippen molar-refractivity contribution in [1.82, 2.24) is 5.32 Å². The zero-order chi connectivity index (χ0) is 24.9. The van der Waals surface area contributed by atoms with Crippen molar-refractivity contribution >= 4 is 52.5 Å². The molecule has 5 nitrogen and oxygen atoms in total. The van der Waals surface area contributed by atoms with Crippen molar-refractivity contribution in [3.8, 4) is 6.07 Å². The second-order valence-corrected chi connectivity index (χ2v) is 10.0. The molecule has 1 unspecified atom stereocenters. The summed E-state index contributed by atoms with van der Waals surface area (Å²) in [6, 6.07) is 24.1. The Morgan fingerprint density at radius 1 is 1.03 bits per heavy atom. The first kappa shape index (κ1) is 24.9. The Bertz CT molecular complexity index is 1330. The van der Waals surface area contributed by atoms with Crippen LogP contribution in [0.15, 0.2) is 83.4 Å². The van der Waals surface area contributed by atoms with Crippen LogP contribution in [0.4, 0.5) is 5.69 Å². The monoisotopic (exact) mass is 521 g/mol. The van der Waals surface area contributed by atoms with Gasteiger partial charge in [0.2, 0.25) is 5.91 Å². The number of carbonyl (C=O) groups excluding carboxylic acids is 2. The molecular formula is C27H21Cl2N3O2S. The quantitative estimate of drug-likeness (QED) is 0.316. The summed E-state index contributed by atoms with van der Waals surface area (Å²) < 4.78 is 0. The van der Waals surface area contributed by atoms with Gasteiger partial charge in [-0.2, -0.15) is 5.26 Å². The van der Waals surface area contributed by atoms with Crippen molar-refractivity contribution in [2.45, 2.75) is 25.1 Å². The minimum absolute atomic E-state index is 0.100. The third kappa shape index (κ3) is 5.71. The van der Waals surface area contributed by atoms with Crippen molar-refractivity contribution in [3.63, 3.8) is 0 Å². The van der Waals surface area contributed by atoms with Crippen LogP contribution in [-0.4, -0.2) is 17.1 Å². The van der Waals surface area contributed by atoms with Gasteiger partial charge in [0.25, 0.3) is 5.91 Å². The molecule has 3 aromatic rings. The first-order valence-corrected chi connectivity index (χ1v) is 12.5. The minimum atomic E-state index is -0.534. The number of hydrogen-bond donors (Lipinski definition) is 1. The second-order valence-electron chi connectivity index (χ2n) is 8.03. The fourth-order valence-corrected chi connectivity index (χ4v) is 5.29. The number of hydrogen-bond acceptors (Lipinski definition) is 4. The molecule has 0 radical (unpaired) electrons. The average Bonchev–Trinajstić information content (AvgIpc) is 3.17. The van der Waals surface area contributed by atoms with Gasteiger partial charge < -0.3 is 5.32 Å². The zero-order valence-electron chi connectivity index (χ0n) is 18.8. The number of nitriles is 1. The molecule has 3 aromatic carbocycles. The van der Waals surface area contributed by atoms with Gasteiger partial charge >= 0.3 is 0 Å². The first-order chi connectivity index (χ1) is 16.9. The summed E-state index contributed by atoms with van der Waals surface area (Å²) in [5, 5.41) is 13.4. The lowest BCUT2D eigenvalue weighted by Crippen LogP contribution is -2.32. The summed E-state index contributed by atoms with van der Waals surface area (Å²) in [5.74, 6) is -0.734. The third-order valence-corrected chi connectivity index (χ3v) is 7.50. The topological polar surface area (TPSA) is 73.2 Å². The van der Waals surface area contributed by atoms with Crippen LogP contribution in [0.5, 0.6) is 0 Å². The van der Waals surface area contributed by atoms with Crippen molar-refractivity contribution in [1.29, 1.82) is 5.26 Å². The molecule has 0 aliphatic carbocycles. The van der Waals surface area contributed by atoms with Crippen LogP contribution < -0.4 is 10.2 Å². The first-order valence-electron chi connectivity index (χ1n) is 10.8. The summed E-state index contributed by atoms with van der Waals surface area (Å²) in [6.45, 7) is 2.22. The number of nitrogens with zero attached hydrogens (tertiary/aromatic N) is 2. The van der Waals surface area contributed by atoms with Crippen molar-refractivity contribution in [2.24, 2.45) is 0 Å². The van der Waals surface area contributed by atoms with Crippen LogP contribution in [0.1, 0.15) is 16.7 Å². The predicted molar refractivity (Wildman–Crippen MR) is 141 cm³/mol. The third-order valence-electron chi connectivity index (χ3n) is 5.50. The molecule has 1 aliphatic rings. The lowest BCUT2D eigenvalue weighted by atomic mass is 10.1. The van der Waals surface area contributed by atoms with E-state index in [4.69, 9.17) is 23.2 Å². The second kappa shape index (κ2) is 11.0. The Labute approximate surface area is 218 Å². The predicted octanol–water partition coefficient (Wildman–Crippen LogP) is 6.04. The fraction of sp³-hybridized carbons (Fsp3) is 0.148. The highest BCUT2D eigenvalue weighted by molar-refractivity contribution is 8.05. The lowest BCUT2D eigenvalue weighted by Gasteiger charge is -2.19. The van der Waals surface area contributed by atoms with E-state index in [9.17, 15) is 14.9 Å². The highest BCUT2D eigenvalue weighted by Crippen LogP contribution is 2.42. The molecule has 176 valence electrons. The van der Waals surface area contributed by atoms with Crippen LogP contribution >= 0.6 is 35.0 Å². The van der Waals surface area contributed by atoms with Gasteiger partial charge in [0.1, 0.15) is 16.7 Å². The Kier molecular flexibility index (Phi) is 7.82. The Hall–Kier alpha value is -3.24. The molecule has 1 atom stereocenters. The van der Waals surface area contributed by atoms with Gasteiger partial charge in [-0.05, 0) is 48.7 Å². The van der Waals surface area contributed by atoms with Crippen LogP contribution in [0.2, 0.25) is 10.0 Å². The maximum atomic E-state index is 13.6. The largest absolute Gasteiger partial charge is 0.347 e. The zero-order valence-corrected chi connectivity index (χ0v) is 21.1. The molecule has 2 amide bonds. The maximum absolute atomic E-state index is 13.6. The number of anilines is 1. The molecule has 0 spiro atoms. The Balaban J connectivity index is 1.67. The molecule has 1 fully saturated rings. The van der Waals surface area contributed by atoms with E-state index in [0.29, 0.717) is 27.2 Å². The number of nitrogens with one attached hydrogen (secondary N) is 1. The maximum Gasteiger partial charge on any atom is 0.264 e. The summed E-state index contributed by atoms with van der Waals surface area (Å²) in [7, 11) is 0. The van der Waals surface area contributed by atoms with Crippen molar-refractivity contribution in [2.75, 3.05) is 4.90 Å². The lowest BCUT2D eigenvalue weighted by molar-refractivity contribution is -0.117. The van der Waals surface area contributed by atoms with Gasteiger partial charge in [-0.3, -0.25) is 14.5 Å². The van der Waals surface area contributed by atoms with Crippen LogP contribution in [0.3, 0.4) is 0 Å². The minimum Gasteiger partial charge on any atom is -0.347 e. The van der Waals surface area contributed by atoms with Gasteiger partial charge in [0.15, 0.2) is 0 Å². The van der Waals surface area contributed by atoms with Gasteiger partial charge in [0.05, 0.1) is 15.3 Å².